The molecule has 8 heteroatoms. The van der Waals surface area contributed by atoms with E-state index in [4.69, 9.17) is 16.0 Å². The lowest BCUT2D eigenvalue weighted by Crippen LogP contribution is -2.14. The quantitative estimate of drug-likeness (QED) is 0.333. The highest BCUT2D eigenvalue weighted by Gasteiger charge is 2.17. The van der Waals surface area contributed by atoms with Crippen LogP contribution in [0, 0.1) is 0 Å². The highest BCUT2D eigenvalue weighted by atomic mass is 35.5. The van der Waals surface area contributed by atoms with Crippen molar-refractivity contribution >= 4 is 29.5 Å². The molecule has 160 valence electrons. The fraction of sp³-hybridized carbons (Fsp3) is 0.0417. The first-order chi connectivity index (χ1) is 15.5. The van der Waals surface area contributed by atoms with Crippen molar-refractivity contribution in [3.8, 4) is 17.0 Å². The number of halogens is 1. The molecule has 32 heavy (non-hydrogen) atoms. The van der Waals surface area contributed by atoms with Gasteiger partial charge >= 0.3 is 5.97 Å². The monoisotopic (exact) mass is 447 g/mol. The molecule has 3 N–H and O–H groups in total. The van der Waals surface area contributed by atoms with Gasteiger partial charge in [0.1, 0.15) is 17.2 Å². The number of benzene rings is 2. The van der Waals surface area contributed by atoms with E-state index in [0.29, 0.717) is 29.1 Å². The number of hydrogen-bond acceptors (Lipinski definition) is 6. The lowest BCUT2D eigenvalue weighted by atomic mass is 10.1. The summed E-state index contributed by atoms with van der Waals surface area (Å²) in [5.74, 6) is -0.564. The molecule has 0 amide bonds. The Balaban J connectivity index is 1.77. The van der Waals surface area contributed by atoms with E-state index in [1.807, 2.05) is 30.3 Å². The number of rotatable bonds is 7. The van der Waals surface area contributed by atoms with Crippen LogP contribution in [0.3, 0.4) is 0 Å². The van der Waals surface area contributed by atoms with Gasteiger partial charge in [0.15, 0.2) is 5.82 Å². The van der Waals surface area contributed by atoms with E-state index in [0.717, 1.165) is 5.56 Å². The maximum Gasteiger partial charge on any atom is 0.352 e. The number of aromatic hydroxyl groups is 1. The normalized spacial score (nSPS) is 11.3. The molecule has 2 aromatic heterocycles. The van der Waals surface area contributed by atoms with Gasteiger partial charge in [0, 0.05) is 18.1 Å². The van der Waals surface area contributed by atoms with Crippen molar-refractivity contribution in [1.82, 2.24) is 9.97 Å². The topological polar surface area (TPSA) is 108 Å². The summed E-state index contributed by atoms with van der Waals surface area (Å²) in [6.07, 6.45) is 4.70. The van der Waals surface area contributed by atoms with E-state index in [1.54, 1.807) is 24.3 Å². The Labute approximate surface area is 188 Å². The van der Waals surface area contributed by atoms with E-state index in [-0.39, 0.29) is 22.3 Å². The highest BCUT2D eigenvalue weighted by molar-refractivity contribution is 6.34. The van der Waals surface area contributed by atoms with Gasteiger partial charge in [0.2, 0.25) is 0 Å². The van der Waals surface area contributed by atoms with Crippen LogP contribution >= 0.6 is 11.6 Å². The van der Waals surface area contributed by atoms with Crippen LogP contribution in [0.1, 0.15) is 17.0 Å². The lowest BCUT2D eigenvalue weighted by molar-refractivity contribution is -0.132. The lowest BCUT2D eigenvalue weighted by Gasteiger charge is -2.13. The van der Waals surface area contributed by atoms with Crippen molar-refractivity contribution in [3.05, 3.63) is 101 Å². The summed E-state index contributed by atoms with van der Waals surface area (Å²) in [6.45, 7) is 0. The van der Waals surface area contributed by atoms with Gasteiger partial charge in [0.25, 0.3) is 0 Å². The highest BCUT2D eigenvalue weighted by Crippen LogP contribution is 2.34. The number of hydrogen-bond donors (Lipinski definition) is 3. The Hall–Kier alpha value is -4.10. The third kappa shape index (κ3) is 4.79. The van der Waals surface area contributed by atoms with Crippen LogP contribution < -0.4 is 5.32 Å². The predicted octanol–water partition coefficient (Wildman–Crippen LogP) is 5.22. The van der Waals surface area contributed by atoms with Crippen molar-refractivity contribution in [1.29, 1.82) is 0 Å². The van der Waals surface area contributed by atoms with Gasteiger partial charge < -0.3 is 19.9 Å². The number of nitrogens with one attached hydrogen (secondary N) is 1. The second-order valence-corrected chi connectivity index (χ2v) is 7.23. The second kappa shape index (κ2) is 9.36. The number of carbonyl (C=O) groups is 1. The van der Waals surface area contributed by atoms with Crippen LogP contribution in [-0.4, -0.2) is 26.2 Å². The standard InChI is InChI=1S/C24H18ClN3O4/c25-22-17(9-4-10-21(22)29)20-14-26-23(18(27-20)12-15-6-2-1-3-7-15)28-19(24(30)31)13-16-8-5-11-32-16/h1-11,13-14,29H,12H2,(H,26,28)(H,30,31)/b19-13-. The van der Waals surface area contributed by atoms with Gasteiger partial charge in [-0.2, -0.15) is 0 Å². The number of aromatic nitrogens is 2. The van der Waals surface area contributed by atoms with Crippen molar-refractivity contribution in [3.63, 3.8) is 0 Å². The maximum absolute atomic E-state index is 11.8. The van der Waals surface area contributed by atoms with Crippen LogP contribution in [0.25, 0.3) is 17.3 Å². The maximum atomic E-state index is 11.8. The van der Waals surface area contributed by atoms with Crippen LogP contribution in [-0.2, 0) is 11.2 Å². The summed E-state index contributed by atoms with van der Waals surface area (Å²) < 4.78 is 5.22. The van der Waals surface area contributed by atoms with Gasteiger partial charge in [-0.1, -0.05) is 54.1 Å². The zero-order valence-corrected chi connectivity index (χ0v) is 17.5. The molecule has 2 aromatic carbocycles. The van der Waals surface area contributed by atoms with Gasteiger partial charge in [-0.15, -0.1) is 0 Å². The number of carboxylic acid groups (broad SMARTS) is 1. The molecule has 4 aromatic rings. The minimum Gasteiger partial charge on any atom is -0.506 e. The first-order valence-electron chi connectivity index (χ1n) is 9.64. The summed E-state index contributed by atoms with van der Waals surface area (Å²) >= 11 is 6.25. The van der Waals surface area contributed by atoms with Crippen molar-refractivity contribution < 1.29 is 19.4 Å². The molecule has 0 saturated heterocycles. The van der Waals surface area contributed by atoms with Crippen molar-refractivity contribution in [2.75, 3.05) is 5.32 Å². The molecule has 0 bridgehead atoms. The number of phenols is 1. The Morgan fingerprint density at radius 1 is 1.09 bits per heavy atom. The predicted molar refractivity (Wildman–Crippen MR) is 121 cm³/mol. The van der Waals surface area contributed by atoms with E-state index in [9.17, 15) is 15.0 Å². The summed E-state index contributed by atoms with van der Waals surface area (Å²) in [4.78, 5) is 20.9. The summed E-state index contributed by atoms with van der Waals surface area (Å²) in [6, 6.07) is 17.8. The molecule has 7 nitrogen and oxygen atoms in total. The van der Waals surface area contributed by atoms with Crippen molar-refractivity contribution in [2.45, 2.75) is 6.42 Å². The number of furan rings is 1. The average Bonchev–Trinajstić information content (AvgIpc) is 3.30. The summed E-state index contributed by atoms with van der Waals surface area (Å²) in [7, 11) is 0. The third-order valence-electron chi connectivity index (χ3n) is 4.63. The summed E-state index contributed by atoms with van der Waals surface area (Å²) in [5.41, 5.74) is 2.33. The molecular formula is C24H18ClN3O4. The van der Waals surface area contributed by atoms with Crippen molar-refractivity contribution in [2.24, 2.45) is 0 Å². The Kier molecular flexibility index (Phi) is 6.19. The SMILES string of the molecule is O=C(O)/C(=C/c1ccco1)Nc1ncc(-c2cccc(O)c2Cl)nc1Cc1ccccc1. The molecule has 0 unspecified atom stereocenters. The summed E-state index contributed by atoms with van der Waals surface area (Å²) in [5, 5.41) is 22.6. The minimum atomic E-state index is -1.17. The smallest absolute Gasteiger partial charge is 0.352 e. The molecule has 0 fully saturated rings. The molecule has 4 rings (SSSR count). The van der Waals surface area contributed by atoms with E-state index < -0.39 is 5.97 Å². The Morgan fingerprint density at radius 3 is 2.62 bits per heavy atom. The zero-order chi connectivity index (χ0) is 22.5. The molecule has 0 aliphatic carbocycles. The third-order valence-corrected chi connectivity index (χ3v) is 5.02. The van der Waals surface area contributed by atoms with Crippen LogP contribution in [0.5, 0.6) is 5.75 Å². The molecule has 0 radical (unpaired) electrons. The zero-order valence-electron chi connectivity index (χ0n) is 16.7. The first-order valence-corrected chi connectivity index (χ1v) is 10.0. The number of aliphatic carboxylic acids is 1. The molecule has 0 aliphatic heterocycles. The second-order valence-electron chi connectivity index (χ2n) is 6.86. The molecule has 0 saturated carbocycles. The van der Waals surface area contributed by atoms with Gasteiger partial charge in [-0.25, -0.2) is 14.8 Å². The number of nitrogens with zero attached hydrogens (tertiary/aromatic N) is 2. The van der Waals surface area contributed by atoms with Gasteiger partial charge in [0.05, 0.1) is 28.9 Å². The number of anilines is 1. The molecule has 0 aliphatic rings. The fourth-order valence-electron chi connectivity index (χ4n) is 3.09. The minimum absolute atomic E-state index is 0.0627. The van der Waals surface area contributed by atoms with Crippen LogP contribution in [0.4, 0.5) is 5.82 Å². The molecule has 2 heterocycles. The number of phenolic OH excluding ortho intramolecular Hbond substituents is 1. The van der Waals surface area contributed by atoms with Crippen LogP contribution in [0.15, 0.2) is 83.2 Å². The van der Waals surface area contributed by atoms with Crippen LogP contribution in [0.2, 0.25) is 5.02 Å². The van der Waals surface area contributed by atoms with E-state index in [2.05, 4.69) is 15.3 Å². The molecule has 0 spiro atoms. The molecule has 0 atom stereocenters. The van der Waals surface area contributed by atoms with E-state index >= 15 is 0 Å². The largest absolute Gasteiger partial charge is 0.506 e. The Morgan fingerprint density at radius 2 is 1.91 bits per heavy atom. The first kappa shape index (κ1) is 21.1. The van der Waals surface area contributed by atoms with Gasteiger partial charge in [-0.3, -0.25) is 0 Å². The average molecular weight is 448 g/mol. The molecular weight excluding hydrogens is 430 g/mol. The van der Waals surface area contributed by atoms with Gasteiger partial charge in [-0.05, 0) is 23.8 Å². The fourth-order valence-corrected chi connectivity index (χ4v) is 3.31. The number of carboxylic acids is 1. The Bertz CT molecular complexity index is 1270. The van der Waals surface area contributed by atoms with E-state index in [1.165, 1.54) is 24.6 Å².